The van der Waals surface area contributed by atoms with Gasteiger partial charge in [-0.3, -0.25) is 0 Å². The van der Waals surface area contributed by atoms with Gasteiger partial charge in [-0.1, -0.05) is 35.9 Å². The molecule has 1 aromatic heterocycles. The van der Waals surface area contributed by atoms with E-state index >= 15 is 0 Å². The van der Waals surface area contributed by atoms with Crippen molar-refractivity contribution >= 4 is 33.5 Å². The number of aromatic nitrogens is 2. The summed E-state index contributed by atoms with van der Waals surface area (Å²) in [6.07, 6.45) is 2.01. The molecule has 0 aliphatic carbocycles. The molecular weight excluding hydrogens is 382 g/mol. The second-order valence-electron chi connectivity index (χ2n) is 5.80. The average Bonchev–Trinajstić information content (AvgIpc) is 2.88. The highest BCUT2D eigenvalue weighted by molar-refractivity contribution is 9.10. The molecule has 3 rings (SSSR count). The lowest BCUT2D eigenvalue weighted by Gasteiger charge is -2.11. The van der Waals surface area contributed by atoms with E-state index in [0.717, 1.165) is 21.9 Å². The lowest BCUT2D eigenvalue weighted by Crippen LogP contribution is -2.03. The molecule has 0 amide bonds. The van der Waals surface area contributed by atoms with Crippen LogP contribution < -0.4 is 5.32 Å². The number of benzene rings is 2. The van der Waals surface area contributed by atoms with E-state index in [1.165, 1.54) is 21.6 Å². The predicted octanol–water partition coefficient (Wildman–Crippen LogP) is 5.72. The highest BCUT2D eigenvalue weighted by Crippen LogP contribution is 2.27. The van der Waals surface area contributed by atoms with Crippen molar-refractivity contribution in [2.45, 2.75) is 25.7 Å². The van der Waals surface area contributed by atoms with Crippen molar-refractivity contribution in [1.29, 1.82) is 0 Å². The zero-order valence-corrected chi connectivity index (χ0v) is 16.4. The predicted molar refractivity (Wildman–Crippen MR) is 106 cm³/mol. The molecule has 0 aliphatic heterocycles. The van der Waals surface area contributed by atoms with Crippen LogP contribution in [0.25, 0.3) is 5.69 Å². The number of nitrogens with one attached hydrogen (secondary N) is 1. The van der Waals surface area contributed by atoms with E-state index < -0.39 is 0 Å². The maximum Gasteiger partial charge on any atom is 0.163 e. The van der Waals surface area contributed by atoms with Crippen LogP contribution in [-0.4, -0.2) is 15.7 Å². The van der Waals surface area contributed by atoms with Gasteiger partial charge in [-0.25, -0.2) is 4.68 Å². The van der Waals surface area contributed by atoms with Crippen LogP contribution in [0.1, 0.15) is 16.7 Å². The Balaban J connectivity index is 1.76. The van der Waals surface area contributed by atoms with Crippen LogP contribution in [0.4, 0.5) is 5.82 Å². The summed E-state index contributed by atoms with van der Waals surface area (Å²) in [5.74, 6) is 1.63. The summed E-state index contributed by atoms with van der Waals surface area (Å²) in [7, 11) is 0. The van der Waals surface area contributed by atoms with Gasteiger partial charge in [-0.2, -0.15) is 0 Å². The molecule has 0 radical (unpaired) electrons. The fourth-order valence-electron chi connectivity index (χ4n) is 2.83. The third kappa shape index (κ3) is 3.84. The molecule has 5 heteroatoms. The molecule has 1 heterocycles. The number of rotatable bonds is 5. The first-order valence-corrected chi connectivity index (χ1v) is 9.57. The third-order valence-corrected chi connectivity index (χ3v) is 5.23. The Morgan fingerprint density at radius 2 is 1.75 bits per heavy atom. The molecule has 0 atom stereocenters. The summed E-state index contributed by atoms with van der Waals surface area (Å²) in [6.45, 7) is 6.38. The minimum absolute atomic E-state index is 0.769. The zero-order chi connectivity index (χ0) is 17.1. The normalized spacial score (nSPS) is 10.8. The van der Waals surface area contributed by atoms with Gasteiger partial charge < -0.3 is 5.32 Å². The van der Waals surface area contributed by atoms with E-state index in [9.17, 15) is 0 Å². The fraction of sp³-hybridized carbons (Fsp3) is 0.211. The van der Waals surface area contributed by atoms with Crippen molar-refractivity contribution in [2.75, 3.05) is 11.2 Å². The number of thioether (sulfide) groups is 1. The van der Waals surface area contributed by atoms with Gasteiger partial charge in [0.2, 0.25) is 0 Å². The summed E-state index contributed by atoms with van der Waals surface area (Å²) >= 11 is 5.37. The van der Waals surface area contributed by atoms with Crippen LogP contribution in [0.15, 0.2) is 58.0 Å². The minimum Gasteiger partial charge on any atom is -0.358 e. The first-order chi connectivity index (χ1) is 11.5. The van der Waals surface area contributed by atoms with Gasteiger partial charge in [0.15, 0.2) is 5.82 Å². The van der Waals surface area contributed by atoms with Crippen molar-refractivity contribution in [1.82, 2.24) is 9.78 Å². The van der Waals surface area contributed by atoms with Gasteiger partial charge in [-0.15, -0.1) is 16.9 Å². The summed E-state index contributed by atoms with van der Waals surface area (Å²) < 4.78 is 2.92. The lowest BCUT2D eigenvalue weighted by molar-refractivity contribution is 0.865. The Morgan fingerprint density at radius 3 is 2.42 bits per heavy atom. The van der Waals surface area contributed by atoms with E-state index in [0.29, 0.717) is 0 Å². The van der Waals surface area contributed by atoms with Crippen molar-refractivity contribution in [2.24, 2.45) is 0 Å². The summed E-state index contributed by atoms with van der Waals surface area (Å²) in [4.78, 5) is 1.24. The van der Waals surface area contributed by atoms with Crippen molar-refractivity contribution in [3.63, 3.8) is 0 Å². The van der Waals surface area contributed by atoms with Gasteiger partial charge >= 0.3 is 0 Å². The van der Waals surface area contributed by atoms with E-state index in [-0.39, 0.29) is 0 Å². The third-order valence-electron chi connectivity index (χ3n) is 3.76. The Labute approximate surface area is 155 Å². The highest BCUT2D eigenvalue weighted by Gasteiger charge is 2.11. The maximum atomic E-state index is 4.71. The van der Waals surface area contributed by atoms with E-state index in [1.807, 2.05) is 16.9 Å². The second-order valence-corrected chi connectivity index (χ2v) is 7.70. The van der Waals surface area contributed by atoms with Gasteiger partial charge in [0.1, 0.15) is 0 Å². The van der Waals surface area contributed by atoms with Crippen LogP contribution in [0.3, 0.4) is 0 Å². The molecule has 0 aliphatic rings. The molecule has 0 bridgehead atoms. The van der Waals surface area contributed by atoms with E-state index in [2.05, 4.69) is 78.4 Å². The molecule has 0 unspecified atom stereocenters. The van der Waals surface area contributed by atoms with Crippen molar-refractivity contribution in [3.05, 3.63) is 69.8 Å². The SMILES string of the molecule is Cc1cc(C)c(-n2cc(Br)c(NCSc3ccccc3)n2)c(C)c1. The first kappa shape index (κ1) is 17.1. The molecule has 1 N–H and O–H groups in total. The Kier molecular flexibility index (Phi) is 5.31. The number of hydrogen-bond acceptors (Lipinski definition) is 3. The van der Waals surface area contributed by atoms with Crippen LogP contribution in [-0.2, 0) is 0 Å². The van der Waals surface area contributed by atoms with E-state index in [1.54, 1.807) is 11.8 Å². The Bertz CT molecular complexity index is 820. The second kappa shape index (κ2) is 7.45. The lowest BCUT2D eigenvalue weighted by atomic mass is 10.1. The molecule has 3 nitrogen and oxygen atoms in total. The molecule has 2 aromatic carbocycles. The Hall–Kier alpha value is -1.72. The number of aryl methyl sites for hydroxylation is 3. The quantitative estimate of drug-likeness (QED) is 0.437. The first-order valence-electron chi connectivity index (χ1n) is 7.79. The summed E-state index contributed by atoms with van der Waals surface area (Å²) in [6, 6.07) is 14.7. The largest absolute Gasteiger partial charge is 0.358 e. The topological polar surface area (TPSA) is 29.9 Å². The van der Waals surface area contributed by atoms with Crippen LogP contribution in [0.5, 0.6) is 0 Å². The maximum absolute atomic E-state index is 4.71. The van der Waals surface area contributed by atoms with Gasteiger partial charge in [0, 0.05) is 11.1 Å². The van der Waals surface area contributed by atoms with Crippen molar-refractivity contribution < 1.29 is 0 Å². The summed E-state index contributed by atoms with van der Waals surface area (Å²) in [5.41, 5.74) is 4.88. The van der Waals surface area contributed by atoms with Gasteiger partial charge in [0.25, 0.3) is 0 Å². The van der Waals surface area contributed by atoms with Crippen LogP contribution in [0, 0.1) is 20.8 Å². The molecule has 124 valence electrons. The highest BCUT2D eigenvalue weighted by atomic mass is 79.9. The number of anilines is 1. The van der Waals surface area contributed by atoms with Crippen molar-refractivity contribution in [3.8, 4) is 5.69 Å². The smallest absolute Gasteiger partial charge is 0.163 e. The number of nitrogens with zero attached hydrogens (tertiary/aromatic N) is 2. The standard InChI is InChI=1S/C19H20BrN3S/c1-13-9-14(2)18(15(3)10-13)23-11-17(20)19(22-23)21-12-24-16-7-5-4-6-8-16/h4-11H,12H2,1-3H3,(H,21,22). The zero-order valence-electron chi connectivity index (χ0n) is 14.0. The molecule has 0 saturated carbocycles. The summed E-state index contributed by atoms with van der Waals surface area (Å²) in [5, 5.41) is 8.09. The number of halogens is 1. The molecule has 0 saturated heterocycles. The van der Waals surface area contributed by atoms with Crippen LogP contribution in [0.2, 0.25) is 0 Å². The van der Waals surface area contributed by atoms with Crippen LogP contribution >= 0.6 is 27.7 Å². The Morgan fingerprint density at radius 1 is 1.08 bits per heavy atom. The fourth-order valence-corrected chi connectivity index (χ4v) is 3.96. The molecule has 24 heavy (non-hydrogen) atoms. The molecule has 3 aromatic rings. The molecular formula is C19H20BrN3S. The molecule has 0 fully saturated rings. The average molecular weight is 402 g/mol. The minimum atomic E-state index is 0.769. The number of hydrogen-bond donors (Lipinski definition) is 1. The molecule has 0 spiro atoms. The monoisotopic (exact) mass is 401 g/mol. The van der Waals surface area contributed by atoms with Gasteiger partial charge in [0.05, 0.1) is 16.0 Å². The van der Waals surface area contributed by atoms with E-state index in [4.69, 9.17) is 5.10 Å². The van der Waals surface area contributed by atoms with Gasteiger partial charge in [-0.05, 0) is 60.0 Å².